The van der Waals surface area contributed by atoms with Crippen molar-refractivity contribution in [1.82, 2.24) is 29.1 Å². The molecule has 16 nitrogen and oxygen atoms in total. The summed E-state index contributed by atoms with van der Waals surface area (Å²) in [6, 6.07) is 133. The van der Waals surface area contributed by atoms with Crippen molar-refractivity contribution in [1.29, 1.82) is 0 Å². The minimum Gasteiger partial charge on any atom is -0.416 e. The number of benzene rings is 19. The number of fused-ring (bicyclic) bond motifs is 1. The highest BCUT2D eigenvalue weighted by Crippen LogP contribution is 2.47. The van der Waals surface area contributed by atoms with Crippen LogP contribution in [0.2, 0.25) is 0 Å². The second kappa shape index (κ2) is 40.8. The number of para-hydroxylation sites is 2. The Labute approximate surface area is 836 Å². The molecule has 0 unspecified atom stereocenters. The summed E-state index contributed by atoms with van der Waals surface area (Å²) in [5, 5.41) is 32.5. The molecule has 0 fully saturated rings. The van der Waals surface area contributed by atoms with Gasteiger partial charge in [0.1, 0.15) is 11.0 Å². The van der Waals surface area contributed by atoms with Gasteiger partial charge in [-0.05, 0) is 268 Å². The van der Waals surface area contributed by atoms with Crippen molar-refractivity contribution in [3.63, 3.8) is 0 Å². The van der Waals surface area contributed by atoms with Crippen LogP contribution in [0.1, 0.15) is 97.2 Å². The van der Waals surface area contributed by atoms with Crippen LogP contribution in [0.25, 0.3) is 121 Å². The van der Waals surface area contributed by atoms with Gasteiger partial charge >= 0.3 is 0 Å². The van der Waals surface area contributed by atoms with Crippen LogP contribution >= 0.6 is 11.7 Å². The molecule has 0 saturated heterocycles. The van der Waals surface area contributed by atoms with E-state index in [4.69, 9.17) is 36.5 Å². The van der Waals surface area contributed by atoms with Gasteiger partial charge in [0.2, 0.25) is 23.6 Å². The molecular weight excluding hydrogens is 1780 g/mol. The Bertz CT molecular complexity index is 7930. The topological polar surface area (TPSA) is 154 Å². The predicted molar refractivity (Wildman–Crippen MR) is 583 cm³/mol. The zero-order chi connectivity index (χ0) is 96.8. The maximum Gasteiger partial charge on any atom is 0.248 e. The van der Waals surface area contributed by atoms with Crippen molar-refractivity contribution < 1.29 is 27.8 Å². The molecule has 17 heteroatoms. The molecule has 0 aliphatic carbocycles. The lowest BCUT2D eigenvalue weighted by Gasteiger charge is -2.28. The summed E-state index contributed by atoms with van der Waals surface area (Å²) in [5.41, 5.74) is 23.5. The van der Waals surface area contributed by atoms with E-state index in [-0.39, 0.29) is 10.8 Å². The van der Waals surface area contributed by atoms with Gasteiger partial charge in [0.05, 0.1) is 87.1 Å². The lowest BCUT2D eigenvalue weighted by molar-refractivity contribution is 0.115. The lowest BCUT2D eigenvalue weighted by atomic mass is 9.87. The molecule has 700 valence electrons. The fourth-order valence-electron chi connectivity index (χ4n) is 19.0. The smallest absolute Gasteiger partial charge is 0.248 e. The zero-order valence-corrected chi connectivity index (χ0v) is 81.4. The van der Waals surface area contributed by atoms with E-state index in [9.17, 15) is 0 Å². The van der Waals surface area contributed by atoms with Crippen molar-refractivity contribution >= 4 is 133 Å². The van der Waals surface area contributed by atoms with Crippen molar-refractivity contribution in [3.05, 3.63) is 432 Å². The predicted octanol–water partition coefficient (Wildman–Crippen LogP) is 29.7. The first-order valence-corrected chi connectivity index (χ1v) is 49.4. The SMILES string of the molecule is CC(C)(C)c1ccc(-c2nnc(-c3ccc(COCCN(CCOCc4ccc(-c5nnc(-c6ccc(C(C)(C)C)cc6)o5)cc4)c4ccc(C#Cc5ccc(C#Cc6ccc(N(CCOCc7ccc(N(c8ccccc8)c8ccc9ccc%10cccc%11ccc8c9c%10%11)cc7)CCOCc7ccc(N(c8ccccc8)c8ccc9ccc%10cccc%11ccc8c9c%10%11)cc7)cc6)c6nsnc56)cc4)cc3)o2)cc1. The van der Waals surface area contributed by atoms with Crippen molar-refractivity contribution in [2.75, 3.05) is 72.2 Å². The van der Waals surface area contributed by atoms with Gasteiger partial charge in [-0.3, -0.25) is 0 Å². The largest absolute Gasteiger partial charge is 0.416 e. The molecule has 0 aliphatic rings. The summed E-state index contributed by atoms with van der Waals surface area (Å²) in [5.74, 6) is 15.7. The first-order chi connectivity index (χ1) is 70.1. The number of aromatic nitrogens is 6. The van der Waals surface area contributed by atoms with Gasteiger partial charge in [-0.15, -0.1) is 20.4 Å². The van der Waals surface area contributed by atoms with E-state index in [1.54, 1.807) is 0 Å². The molecule has 0 aliphatic heterocycles. The van der Waals surface area contributed by atoms with Gasteiger partial charge in [0.15, 0.2) is 0 Å². The van der Waals surface area contributed by atoms with Gasteiger partial charge in [-0.25, -0.2) is 0 Å². The van der Waals surface area contributed by atoms with Crippen LogP contribution in [0.15, 0.2) is 385 Å². The third-order valence-electron chi connectivity index (χ3n) is 26.8. The third kappa shape index (κ3) is 20.1. The number of hydrogen-bond donors (Lipinski definition) is 0. The molecule has 3 aromatic heterocycles. The van der Waals surface area contributed by atoms with E-state index in [1.165, 1.54) is 75.8 Å². The minimum absolute atomic E-state index is 0.0406. The van der Waals surface area contributed by atoms with E-state index in [2.05, 4.69) is 396 Å². The van der Waals surface area contributed by atoms with E-state index in [1.807, 2.05) is 84.9 Å². The van der Waals surface area contributed by atoms with E-state index in [0.717, 1.165) is 124 Å². The Morgan fingerprint density at radius 2 is 0.552 bits per heavy atom. The summed E-state index contributed by atoms with van der Waals surface area (Å²) in [4.78, 5) is 9.36. The molecule has 0 atom stereocenters. The molecule has 22 aromatic rings. The van der Waals surface area contributed by atoms with Crippen LogP contribution in [0, 0.1) is 23.7 Å². The van der Waals surface area contributed by atoms with Crippen molar-refractivity contribution in [2.45, 2.75) is 78.8 Å². The van der Waals surface area contributed by atoms with Crippen LogP contribution in [0.5, 0.6) is 0 Å². The van der Waals surface area contributed by atoms with Gasteiger partial charge in [-0.2, -0.15) is 8.75 Å². The second-order valence-electron chi connectivity index (χ2n) is 38.3. The molecule has 0 amide bonds. The lowest BCUT2D eigenvalue weighted by Crippen LogP contribution is -2.31. The average molecular weight is 1890 g/mol. The molecule has 0 spiro atoms. The normalized spacial score (nSPS) is 11.8. The molecule has 0 radical (unpaired) electrons. The van der Waals surface area contributed by atoms with E-state index in [0.29, 0.717) is 114 Å². The minimum atomic E-state index is 0.0406. The number of hydrogen-bond acceptors (Lipinski definition) is 17. The van der Waals surface area contributed by atoms with Crippen molar-refractivity contribution in [3.8, 4) is 69.5 Å². The number of ether oxygens (including phenoxy) is 4. The molecule has 3 heterocycles. The van der Waals surface area contributed by atoms with Crippen LogP contribution in [0.3, 0.4) is 0 Å². The quantitative estimate of drug-likeness (QED) is 0.0223. The maximum atomic E-state index is 6.62. The molecule has 0 saturated carbocycles. The fourth-order valence-corrected chi connectivity index (χ4v) is 19.6. The first kappa shape index (κ1) is 91.6. The highest BCUT2D eigenvalue weighted by molar-refractivity contribution is 7.00. The van der Waals surface area contributed by atoms with Crippen molar-refractivity contribution in [2.24, 2.45) is 0 Å². The van der Waals surface area contributed by atoms with Gasteiger partial charge < -0.3 is 47.4 Å². The molecule has 0 bridgehead atoms. The summed E-state index contributed by atoms with van der Waals surface area (Å²) < 4.78 is 47.9. The second-order valence-corrected chi connectivity index (χ2v) is 38.9. The summed E-state index contributed by atoms with van der Waals surface area (Å²) >= 11 is 1.16. The third-order valence-corrected chi connectivity index (χ3v) is 27.3. The first-order valence-electron chi connectivity index (χ1n) is 48.7. The number of rotatable bonds is 32. The van der Waals surface area contributed by atoms with E-state index >= 15 is 0 Å². The molecule has 143 heavy (non-hydrogen) atoms. The maximum absolute atomic E-state index is 6.62. The van der Waals surface area contributed by atoms with Gasteiger partial charge in [-0.1, -0.05) is 271 Å². The Hall–Kier alpha value is -16.5. The van der Waals surface area contributed by atoms with Gasteiger partial charge in [0.25, 0.3) is 0 Å². The average Bonchev–Trinajstić information content (AvgIpc) is 1.37. The Balaban J connectivity index is 0.471. The highest BCUT2D eigenvalue weighted by Gasteiger charge is 2.25. The summed E-state index contributed by atoms with van der Waals surface area (Å²) in [6.45, 7) is 19.3. The van der Waals surface area contributed by atoms with E-state index < -0.39 is 0 Å². The standard InChI is InChI=1S/C126H104N10O6S/c1-125(2,3)103-57-49-101(50-58-103)123-129-127-121(141-123)99-39-25-87(26-40-99)81-137-77-73-133(74-78-138-82-88-27-41-100(42-28-88)122-128-130-124(142-122)102-51-59-104(60-52-102)126(4,5)6)105-61-29-85(30-62-105)23-37-97-47-48-98(120-119(97)131-143-132-120)38-24-86-31-63-106(64-32-86)134(75-79-139-83-89-33-65-109(66-34-89)135(107-19-9-7-10-20-107)113-71-55-95-45-43-91-15-13-17-93-53-69-111(113)117(95)115(91)93)76-80-140-84-90-35-67-110(68-36-90)136(108-21-11-8-12-22-108)114-72-56-96-46-44-92-16-14-18-94-54-70-112(114)118(96)116(92)94/h7-22,25-36,39-72H,73-84H2,1-6H3. The summed E-state index contributed by atoms with van der Waals surface area (Å²) in [6.07, 6.45) is 0. The summed E-state index contributed by atoms with van der Waals surface area (Å²) in [7, 11) is 0. The van der Waals surface area contributed by atoms with Crippen LogP contribution in [-0.2, 0) is 56.2 Å². The number of anilines is 8. The molecular formula is C126H104N10O6S. The van der Waals surface area contributed by atoms with Crippen LogP contribution < -0.4 is 19.6 Å². The van der Waals surface area contributed by atoms with Gasteiger partial charge in [0, 0.05) is 104 Å². The van der Waals surface area contributed by atoms with Crippen LogP contribution in [0.4, 0.5) is 45.5 Å². The Morgan fingerprint density at radius 1 is 0.266 bits per heavy atom. The molecule has 0 N–H and O–H groups in total. The monoisotopic (exact) mass is 1880 g/mol. The van der Waals surface area contributed by atoms with Crippen LogP contribution in [-0.4, -0.2) is 81.7 Å². The Morgan fingerprint density at radius 3 is 0.881 bits per heavy atom. The number of nitrogens with zero attached hydrogens (tertiary/aromatic N) is 10. The molecule has 19 aromatic carbocycles. The Kier molecular flexibility index (Phi) is 26.1. The molecule has 22 rings (SSSR count). The highest BCUT2D eigenvalue weighted by atomic mass is 32.1. The fraction of sp³-hybridized carbons (Fsp3) is 0.159. The zero-order valence-electron chi connectivity index (χ0n) is 80.6.